The van der Waals surface area contributed by atoms with Gasteiger partial charge in [0.1, 0.15) is 9.79 Å². The van der Waals surface area contributed by atoms with Gasteiger partial charge in [0.15, 0.2) is 0 Å². The molecule has 3 N–H and O–H groups in total. The van der Waals surface area contributed by atoms with E-state index >= 15 is 0 Å². The fourth-order valence-corrected chi connectivity index (χ4v) is 3.19. The Morgan fingerprint density at radius 2 is 1.42 bits per heavy atom. The number of rotatable bonds is 2. The maximum absolute atomic E-state index is 11.2. The zero-order valence-electron chi connectivity index (χ0n) is 9.23. The van der Waals surface area contributed by atoms with Gasteiger partial charge < -0.3 is 5.73 Å². The standard InChI is InChI=1S/C10H8NO6S2/c11-6-4-8-7(10(5-6)19(15,16)17)2-1-3-9(8)18(12,13)14/h1-5,11H,(H,12,13,14)(H,15,16,17). The summed E-state index contributed by atoms with van der Waals surface area (Å²) >= 11 is 0. The number of benzene rings is 2. The van der Waals surface area contributed by atoms with Gasteiger partial charge >= 0.3 is 0 Å². The maximum atomic E-state index is 11.2. The van der Waals surface area contributed by atoms with Gasteiger partial charge in [0, 0.05) is 10.8 Å². The van der Waals surface area contributed by atoms with E-state index in [0.717, 1.165) is 18.2 Å². The Hall–Kier alpha value is -1.68. The van der Waals surface area contributed by atoms with Crippen molar-refractivity contribution < 1.29 is 25.9 Å². The third-order valence-corrected chi connectivity index (χ3v) is 4.28. The quantitative estimate of drug-likeness (QED) is 0.802. The first kappa shape index (κ1) is 13.7. The molecule has 0 unspecified atom stereocenters. The van der Waals surface area contributed by atoms with Crippen LogP contribution in [-0.4, -0.2) is 25.9 Å². The van der Waals surface area contributed by atoms with E-state index in [2.05, 4.69) is 0 Å². The monoisotopic (exact) mass is 302 g/mol. The number of fused-ring (bicyclic) bond motifs is 1. The third kappa shape index (κ3) is 2.54. The van der Waals surface area contributed by atoms with Gasteiger partial charge in [0.05, 0.1) is 5.69 Å². The van der Waals surface area contributed by atoms with Crippen LogP contribution in [0.15, 0.2) is 40.1 Å². The van der Waals surface area contributed by atoms with E-state index in [0.29, 0.717) is 0 Å². The van der Waals surface area contributed by atoms with Crippen molar-refractivity contribution in [1.29, 1.82) is 0 Å². The Morgan fingerprint density at radius 3 is 1.95 bits per heavy atom. The minimum Gasteiger partial charge on any atom is -0.301 e. The molecule has 0 aliphatic heterocycles. The average Bonchev–Trinajstić information content (AvgIpc) is 2.24. The summed E-state index contributed by atoms with van der Waals surface area (Å²) in [6, 6.07) is 5.56. The highest BCUT2D eigenvalue weighted by molar-refractivity contribution is 7.86. The summed E-state index contributed by atoms with van der Waals surface area (Å²) in [5.41, 5.74) is 7.14. The molecule has 0 spiro atoms. The highest BCUT2D eigenvalue weighted by atomic mass is 32.2. The Balaban J connectivity index is 3.07. The van der Waals surface area contributed by atoms with Crippen LogP contribution in [0.5, 0.6) is 0 Å². The molecule has 0 aromatic heterocycles. The maximum Gasteiger partial charge on any atom is 0.295 e. The topological polar surface area (TPSA) is 133 Å². The van der Waals surface area contributed by atoms with E-state index in [1.54, 1.807) is 0 Å². The van der Waals surface area contributed by atoms with E-state index in [4.69, 9.17) is 14.8 Å². The molecule has 101 valence electrons. The lowest BCUT2D eigenvalue weighted by atomic mass is 10.1. The molecule has 2 aromatic rings. The first-order valence-corrected chi connectivity index (χ1v) is 7.72. The van der Waals surface area contributed by atoms with E-state index in [1.165, 1.54) is 12.1 Å². The summed E-state index contributed by atoms with van der Waals surface area (Å²) in [5, 5.41) is -0.237. The number of hydrogen-bond acceptors (Lipinski definition) is 4. The number of nitrogens with one attached hydrogen (secondary N) is 1. The van der Waals surface area contributed by atoms with Gasteiger partial charge in [-0.25, -0.2) is 0 Å². The third-order valence-electron chi connectivity index (χ3n) is 2.47. The van der Waals surface area contributed by atoms with Crippen molar-refractivity contribution in [2.24, 2.45) is 0 Å². The molecule has 0 atom stereocenters. The fourth-order valence-electron chi connectivity index (χ4n) is 1.76. The molecule has 0 saturated carbocycles. The molecule has 2 rings (SSSR count). The van der Waals surface area contributed by atoms with Crippen LogP contribution in [0.1, 0.15) is 0 Å². The molecule has 0 aliphatic rings. The lowest BCUT2D eigenvalue weighted by Gasteiger charge is -2.08. The predicted octanol–water partition coefficient (Wildman–Crippen LogP) is 1.25. The van der Waals surface area contributed by atoms with Crippen molar-refractivity contribution in [1.82, 2.24) is 5.73 Å². The van der Waals surface area contributed by atoms with Gasteiger partial charge in [-0.05, 0) is 18.2 Å². The second-order valence-corrected chi connectivity index (χ2v) is 6.56. The molecule has 7 nitrogen and oxygen atoms in total. The molecule has 0 amide bonds. The van der Waals surface area contributed by atoms with Crippen LogP contribution >= 0.6 is 0 Å². The van der Waals surface area contributed by atoms with Gasteiger partial charge in [-0.15, -0.1) is 0 Å². The van der Waals surface area contributed by atoms with Crippen molar-refractivity contribution >= 4 is 36.7 Å². The van der Waals surface area contributed by atoms with Gasteiger partial charge in [0.2, 0.25) is 0 Å². The first-order valence-electron chi connectivity index (χ1n) is 4.84. The summed E-state index contributed by atoms with van der Waals surface area (Å²) in [6.45, 7) is 0. The van der Waals surface area contributed by atoms with Gasteiger partial charge in [0.25, 0.3) is 20.2 Å². The van der Waals surface area contributed by atoms with Gasteiger partial charge in [-0.2, -0.15) is 16.8 Å². The second kappa shape index (κ2) is 4.17. The summed E-state index contributed by atoms with van der Waals surface area (Å²) in [7, 11) is -9.18. The molecule has 0 heterocycles. The van der Waals surface area contributed by atoms with Crippen LogP contribution < -0.4 is 5.73 Å². The molecule has 0 aliphatic carbocycles. The minimum atomic E-state index is -4.61. The SMILES string of the molecule is [NH]c1cc(S(=O)(=O)O)c2cccc(S(=O)(=O)O)c2c1. The van der Waals surface area contributed by atoms with Crippen LogP contribution in [0.25, 0.3) is 10.8 Å². The Kier molecular flexibility index (Phi) is 3.01. The Bertz CT molecular complexity index is 870. The molecule has 2 aromatic carbocycles. The summed E-state index contributed by atoms with van der Waals surface area (Å²) in [6.07, 6.45) is 0. The van der Waals surface area contributed by atoms with Crippen LogP contribution in [0.3, 0.4) is 0 Å². The Morgan fingerprint density at radius 1 is 0.842 bits per heavy atom. The fraction of sp³-hybridized carbons (Fsp3) is 0. The lowest BCUT2D eigenvalue weighted by molar-refractivity contribution is 0.481. The first-order chi connectivity index (χ1) is 8.60. The molecule has 0 fully saturated rings. The molecule has 0 bridgehead atoms. The van der Waals surface area contributed by atoms with Crippen molar-refractivity contribution in [3.8, 4) is 0 Å². The van der Waals surface area contributed by atoms with E-state index in [9.17, 15) is 16.8 Å². The van der Waals surface area contributed by atoms with Crippen molar-refractivity contribution in [2.45, 2.75) is 9.79 Å². The van der Waals surface area contributed by atoms with E-state index in [-0.39, 0.29) is 16.5 Å². The van der Waals surface area contributed by atoms with Gasteiger partial charge in [-0.3, -0.25) is 9.11 Å². The zero-order valence-corrected chi connectivity index (χ0v) is 10.9. The lowest BCUT2D eigenvalue weighted by Crippen LogP contribution is -2.03. The molecule has 9 heteroatoms. The Labute approximate surface area is 109 Å². The summed E-state index contributed by atoms with van der Waals surface area (Å²) in [5.74, 6) is 0. The van der Waals surface area contributed by atoms with Crippen LogP contribution in [0.4, 0.5) is 5.69 Å². The van der Waals surface area contributed by atoms with Crippen molar-refractivity contribution in [3.63, 3.8) is 0 Å². The highest BCUT2D eigenvalue weighted by Gasteiger charge is 2.20. The number of hydrogen-bond donors (Lipinski definition) is 2. The van der Waals surface area contributed by atoms with Crippen molar-refractivity contribution in [2.75, 3.05) is 0 Å². The van der Waals surface area contributed by atoms with Gasteiger partial charge in [-0.1, -0.05) is 12.1 Å². The average molecular weight is 302 g/mol. The summed E-state index contributed by atoms with van der Waals surface area (Å²) < 4.78 is 63.0. The van der Waals surface area contributed by atoms with E-state index < -0.39 is 30.0 Å². The molecular formula is C10H8NO6S2. The largest absolute Gasteiger partial charge is 0.301 e. The zero-order chi connectivity index (χ0) is 14.4. The molecule has 19 heavy (non-hydrogen) atoms. The van der Waals surface area contributed by atoms with E-state index in [1.807, 2.05) is 0 Å². The van der Waals surface area contributed by atoms with Crippen LogP contribution in [0.2, 0.25) is 0 Å². The predicted molar refractivity (Wildman–Crippen MR) is 66.3 cm³/mol. The molecule has 0 saturated heterocycles. The molecule has 1 radical (unpaired) electrons. The normalized spacial score (nSPS) is 12.7. The van der Waals surface area contributed by atoms with Crippen molar-refractivity contribution in [3.05, 3.63) is 30.3 Å². The van der Waals surface area contributed by atoms with Crippen LogP contribution in [0, 0.1) is 0 Å². The molecular weight excluding hydrogens is 294 g/mol. The highest BCUT2D eigenvalue weighted by Crippen LogP contribution is 2.31. The smallest absolute Gasteiger partial charge is 0.295 e. The van der Waals surface area contributed by atoms with Crippen LogP contribution in [-0.2, 0) is 20.2 Å². The minimum absolute atomic E-state index is 0.0892. The summed E-state index contributed by atoms with van der Waals surface area (Å²) in [4.78, 5) is -1.11. The second-order valence-electron chi connectivity index (χ2n) is 3.78.